The molecule has 0 bridgehead atoms. The fourth-order valence-electron chi connectivity index (χ4n) is 3.10. The highest BCUT2D eigenvalue weighted by Crippen LogP contribution is 2.21. The first-order valence-corrected chi connectivity index (χ1v) is 8.67. The largest absolute Gasteiger partial charge is 0.368 e. The average Bonchev–Trinajstić information content (AvgIpc) is 2.71. The lowest BCUT2D eigenvalue weighted by atomic mass is 10.2. The summed E-state index contributed by atoms with van der Waals surface area (Å²) in [6, 6.07) is 18.6. The van der Waals surface area contributed by atoms with Crippen molar-refractivity contribution in [2.75, 3.05) is 41.3 Å². The summed E-state index contributed by atoms with van der Waals surface area (Å²) < 4.78 is 13.0. The van der Waals surface area contributed by atoms with E-state index in [2.05, 4.69) is 49.4 Å². The number of halogens is 1. The number of nitrogens with one attached hydrogen (secondary N) is 1. The van der Waals surface area contributed by atoms with E-state index in [1.807, 2.05) is 12.1 Å². The van der Waals surface area contributed by atoms with Gasteiger partial charge in [0.25, 0.3) is 0 Å². The highest BCUT2D eigenvalue weighted by Gasteiger charge is 2.18. The van der Waals surface area contributed by atoms with Crippen molar-refractivity contribution in [3.05, 3.63) is 72.8 Å². The Morgan fingerprint density at radius 3 is 2.23 bits per heavy atom. The van der Waals surface area contributed by atoms with Gasteiger partial charge in [-0.1, -0.05) is 18.2 Å². The first-order valence-electron chi connectivity index (χ1n) is 8.67. The van der Waals surface area contributed by atoms with Gasteiger partial charge in [0.05, 0.1) is 0 Å². The van der Waals surface area contributed by atoms with Gasteiger partial charge in [-0.3, -0.25) is 0 Å². The molecule has 0 amide bonds. The first-order chi connectivity index (χ1) is 12.8. The summed E-state index contributed by atoms with van der Waals surface area (Å²) in [5.74, 6) is 1.35. The molecule has 0 unspecified atom stereocenters. The van der Waals surface area contributed by atoms with Crippen molar-refractivity contribution in [2.45, 2.75) is 0 Å². The van der Waals surface area contributed by atoms with E-state index in [1.165, 1.54) is 17.8 Å². The third kappa shape index (κ3) is 3.74. The van der Waals surface area contributed by atoms with Crippen LogP contribution in [-0.2, 0) is 0 Å². The molecule has 6 heteroatoms. The van der Waals surface area contributed by atoms with Gasteiger partial charge in [-0.2, -0.15) is 0 Å². The van der Waals surface area contributed by atoms with E-state index in [4.69, 9.17) is 0 Å². The van der Waals surface area contributed by atoms with Crippen LogP contribution in [0.2, 0.25) is 0 Å². The molecule has 0 atom stereocenters. The van der Waals surface area contributed by atoms with Crippen LogP contribution in [0.1, 0.15) is 0 Å². The quantitative estimate of drug-likeness (QED) is 0.778. The molecule has 1 fully saturated rings. The molecule has 4 rings (SSSR count). The SMILES string of the molecule is Fc1ccc(Nc2cc(N3CCN(c4ccccc4)CC3)ncn2)cc1. The minimum absolute atomic E-state index is 0.254. The highest BCUT2D eigenvalue weighted by molar-refractivity contribution is 5.59. The molecule has 2 heterocycles. The maximum Gasteiger partial charge on any atom is 0.135 e. The molecular weight excluding hydrogens is 329 g/mol. The van der Waals surface area contributed by atoms with Gasteiger partial charge >= 0.3 is 0 Å². The minimum atomic E-state index is -0.254. The predicted octanol–water partition coefficient (Wildman–Crippen LogP) is 3.69. The second-order valence-corrected chi connectivity index (χ2v) is 6.20. The van der Waals surface area contributed by atoms with Crippen LogP contribution in [0.25, 0.3) is 0 Å². The van der Waals surface area contributed by atoms with Crippen molar-refractivity contribution >= 4 is 23.0 Å². The van der Waals surface area contributed by atoms with E-state index in [1.54, 1.807) is 18.5 Å². The molecule has 2 aromatic carbocycles. The van der Waals surface area contributed by atoms with Crippen molar-refractivity contribution in [1.82, 2.24) is 9.97 Å². The number of hydrogen-bond acceptors (Lipinski definition) is 5. The molecule has 5 nitrogen and oxygen atoms in total. The number of aromatic nitrogens is 2. The van der Waals surface area contributed by atoms with Gasteiger partial charge in [-0.25, -0.2) is 14.4 Å². The molecule has 0 saturated carbocycles. The molecular formula is C20H20FN5. The maximum atomic E-state index is 13.0. The molecule has 1 aliphatic heterocycles. The van der Waals surface area contributed by atoms with E-state index in [9.17, 15) is 4.39 Å². The van der Waals surface area contributed by atoms with Gasteiger partial charge in [0.15, 0.2) is 0 Å². The molecule has 1 N–H and O–H groups in total. The summed E-state index contributed by atoms with van der Waals surface area (Å²) in [6.07, 6.45) is 1.56. The fraction of sp³-hybridized carbons (Fsp3) is 0.200. The molecule has 1 aliphatic rings. The smallest absolute Gasteiger partial charge is 0.135 e. The number of piperazine rings is 1. The molecule has 3 aromatic rings. The van der Waals surface area contributed by atoms with Gasteiger partial charge in [0, 0.05) is 43.6 Å². The number of para-hydroxylation sites is 1. The summed E-state index contributed by atoms with van der Waals surface area (Å²) in [7, 11) is 0. The standard InChI is InChI=1S/C20H20FN5/c21-16-6-8-17(9-7-16)24-19-14-20(23-15-22-19)26-12-10-25(11-13-26)18-4-2-1-3-5-18/h1-9,14-15H,10-13H2,(H,22,23,24). The lowest BCUT2D eigenvalue weighted by molar-refractivity contribution is 0.628. The molecule has 1 aromatic heterocycles. The third-order valence-corrected chi connectivity index (χ3v) is 4.49. The Kier molecular flexibility index (Phi) is 4.64. The Bertz CT molecular complexity index is 846. The lowest BCUT2D eigenvalue weighted by Gasteiger charge is -2.36. The summed E-state index contributed by atoms with van der Waals surface area (Å²) in [5.41, 5.74) is 2.05. The molecule has 1 saturated heterocycles. The Morgan fingerprint density at radius 1 is 0.808 bits per heavy atom. The number of anilines is 4. The normalized spacial score (nSPS) is 14.3. The van der Waals surface area contributed by atoms with Crippen molar-refractivity contribution in [3.63, 3.8) is 0 Å². The second-order valence-electron chi connectivity index (χ2n) is 6.20. The van der Waals surface area contributed by atoms with Crippen LogP contribution < -0.4 is 15.1 Å². The molecule has 0 aliphatic carbocycles. The van der Waals surface area contributed by atoms with E-state index in [-0.39, 0.29) is 5.82 Å². The van der Waals surface area contributed by atoms with Crippen molar-refractivity contribution in [1.29, 1.82) is 0 Å². The molecule has 132 valence electrons. The summed E-state index contributed by atoms with van der Waals surface area (Å²) in [5, 5.41) is 3.19. The Labute approximate surface area is 152 Å². The Morgan fingerprint density at radius 2 is 1.50 bits per heavy atom. The van der Waals surface area contributed by atoms with Crippen molar-refractivity contribution in [2.24, 2.45) is 0 Å². The molecule has 0 spiro atoms. The number of nitrogens with zero attached hydrogens (tertiary/aromatic N) is 4. The van der Waals surface area contributed by atoms with Crippen LogP contribution in [0, 0.1) is 5.82 Å². The zero-order valence-electron chi connectivity index (χ0n) is 14.3. The van der Waals surface area contributed by atoms with Crippen LogP contribution in [0.3, 0.4) is 0 Å². The monoisotopic (exact) mass is 349 g/mol. The second kappa shape index (κ2) is 7.39. The fourth-order valence-corrected chi connectivity index (χ4v) is 3.10. The van der Waals surface area contributed by atoms with Gasteiger partial charge < -0.3 is 15.1 Å². The average molecular weight is 349 g/mol. The topological polar surface area (TPSA) is 44.3 Å². The number of hydrogen-bond donors (Lipinski definition) is 1. The van der Waals surface area contributed by atoms with E-state index in [0.29, 0.717) is 5.82 Å². The lowest BCUT2D eigenvalue weighted by Crippen LogP contribution is -2.46. The summed E-state index contributed by atoms with van der Waals surface area (Å²) >= 11 is 0. The van der Waals surface area contributed by atoms with Crippen molar-refractivity contribution < 1.29 is 4.39 Å². The van der Waals surface area contributed by atoms with E-state index >= 15 is 0 Å². The van der Waals surface area contributed by atoms with E-state index < -0.39 is 0 Å². The highest BCUT2D eigenvalue weighted by atomic mass is 19.1. The van der Waals surface area contributed by atoms with Crippen LogP contribution in [0.4, 0.5) is 27.4 Å². The zero-order valence-corrected chi connectivity index (χ0v) is 14.3. The summed E-state index contributed by atoms with van der Waals surface area (Å²) in [4.78, 5) is 13.3. The zero-order chi connectivity index (χ0) is 17.8. The number of benzene rings is 2. The Balaban J connectivity index is 1.42. The minimum Gasteiger partial charge on any atom is -0.368 e. The van der Waals surface area contributed by atoms with Crippen LogP contribution >= 0.6 is 0 Å². The van der Waals surface area contributed by atoms with Crippen LogP contribution in [0.5, 0.6) is 0 Å². The number of rotatable bonds is 4. The predicted molar refractivity (Wildman–Crippen MR) is 103 cm³/mol. The van der Waals surface area contributed by atoms with Crippen LogP contribution in [-0.4, -0.2) is 36.1 Å². The van der Waals surface area contributed by atoms with Gasteiger partial charge in [0.2, 0.25) is 0 Å². The summed E-state index contributed by atoms with van der Waals surface area (Å²) in [6.45, 7) is 3.72. The van der Waals surface area contributed by atoms with Gasteiger partial charge in [-0.05, 0) is 36.4 Å². The third-order valence-electron chi connectivity index (χ3n) is 4.49. The van der Waals surface area contributed by atoms with Crippen LogP contribution in [0.15, 0.2) is 67.0 Å². The van der Waals surface area contributed by atoms with Gasteiger partial charge in [-0.15, -0.1) is 0 Å². The van der Waals surface area contributed by atoms with E-state index in [0.717, 1.165) is 37.7 Å². The van der Waals surface area contributed by atoms with Gasteiger partial charge in [0.1, 0.15) is 23.8 Å². The Hall–Kier alpha value is -3.15. The maximum absolute atomic E-state index is 13.0. The van der Waals surface area contributed by atoms with Crippen molar-refractivity contribution in [3.8, 4) is 0 Å². The molecule has 26 heavy (non-hydrogen) atoms. The molecule has 0 radical (unpaired) electrons. The first kappa shape index (κ1) is 16.3.